The second-order valence-electron chi connectivity index (χ2n) is 6.10. The van der Waals surface area contributed by atoms with E-state index >= 15 is 0 Å². The lowest BCUT2D eigenvalue weighted by molar-refractivity contribution is 0.102. The van der Waals surface area contributed by atoms with Gasteiger partial charge in [0.1, 0.15) is 5.75 Å². The van der Waals surface area contributed by atoms with Crippen molar-refractivity contribution in [3.05, 3.63) is 59.1 Å². The lowest BCUT2D eigenvalue weighted by Crippen LogP contribution is -2.13. The highest BCUT2D eigenvalue weighted by molar-refractivity contribution is 7.94. The molecule has 3 aromatic rings. The number of benzene rings is 2. The predicted molar refractivity (Wildman–Crippen MR) is 112 cm³/mol. The number of sulfonamides is 1. The van der Waals surface area contributed by atoms with Crippen LogP contribution < -0.4 is 14.8 Å². The molecule has 0 fully saturated rings. The van der Waals surface area contributed by atoms with Crippen molar-refractivity contribution < 1.29 is 17.9 Å². The second kappa shape index (κ2) is 8.76. The van der Waals surface area contributed by atoms with Gasteiger partial charge >= 0.3 is 0 Å². The van der Waals surface area contributed by atoms with Gasteiger partial charge in [0, 0.05) is 5.69 Å². The van der Waals surface area contributed by atoms with E-state index in [4.69, 9.17) is 16.3 Å². The van der Waals surface area contributed by atoms with Crippen molar-refractivity contribution in [1.29, 1.82) is 0 Å². The Morgan fingerprint density at radius 1 is 1.10 bits per heavy atom. The minimum atomic E-state index is -3.96. The molecule has 0 aliphatic heterocycles. The second-order valence-corrected chi connectivity index (χ2v) is 9.34. The van der Waals surface area contributed by atoms with E-state index in [1.807, 2.05) is 13.8 Å². The van der Waals surface area contributed by atoms with Crippen LogP contribution in [0.3, 0.4) is 0 Å². The molecule has 0 aliphatic carbocycles. The molecule has 0 saturated carbocycles. The fourth-order valence-electron chi connectivity index (χ4n) is 2.25. The molecule has 0 atom stereocenters. The van der Waals surface area contributed by atoms with E-state index in [0.717, 1.165) is 11.3 Å². The molecule has 3 rings (SSSR count). The van der Waals surface area contributed by atoms with Crippen LogP contribution in [0.15, 0.2) is 52.9 Å². The number of carbonyl (C=O) groups is 1. The quantitative estimate of drug-likeness (QED) is 0.523. The lowest BCUT2D eigenvalue weighted by atomic mass is 10.2. The van der Waals surface area contributed by atoms with Crippen LogP contribution in [0.5, 0.6) is 5.75 Å². The van der Waals surface area contributed by atoms with Crippen molar-refractivity contribution >= 4 is 49.7 Å². The third-order valence-corrected chi connectivity index (χ3v) is 6.37. The highest BCUT2D eigenvalue weighted by Gasteiger charge is 2.22. The summed E-state index contributed by atoms with van der Waals surface area (Å²) in [7, 11) is -3.96. The number of hydrogen-bond donors (Lipinski definition) is 2. The summed E-state index contributed by atoms with van der Waals surface area (Å²) in [5, 5.41) is 10.2. The van der Waals surface area contributed by atoms with Crippen molar-refractivity contribution in [3.8, 4) is 5.75 Å². The van der Waals surface area contributed by atoms with Crippen LogP contribution in [0, 0.1) is 0 Å². The molecular formula is C18H17ClN4O4S2. The number of rotatable bonds is 7. The van der Waals surface area contributed by atoms with Gasteiger partial charge in [-0.05, 0) is 50.2 Å². The molecule has 0 saturated heterocycles. The van der Waals surface area contributed by atoms with Crippen LogP contribution >= 0.6 is 22.9 Å². The molecule has 8 nitrogen and oxygen atoms in total. The molecule has 1 amide bonds. The molecule has 2 aromatic carbocycles. The van der Waals surface area contributed by atoms with Crippen LogP contribution in [0.1, 0.15) is 24.2 Å². The van der Waals surface area contributed by atoms with E-state index in [1.54, 1.807) is 48.5 Å². The van der Waals surface area contributed by atoms with E-state index < -0.39 is 15.9 Å². The van der Waals surface area contributed by atoms with Gasteiger partial charge in [0.2, 0.25) is 5.13 Å². The number of carbonyl (C=O) groups excluding carboxylic acids is 1. The highest BCUT2D eigenvalue weighted by atomic mass is 35.5. The number of nitrogens with one attached hydrogen (secondary N) is 2. The Kier molecular flexibility index (Phi) is 6.36. The topological polar surface area (TPSA) is 110 Å². The molecule has 0 aliphatic rings. The monoisotopic (exact) mass is 452 g/mol. The highest BCUT2D eigenvalue weighted by Crippen LogP contribution is 2.25. The van der Waals surface area contributed by atoms with E-state index in [-0.39, 0.29) is 26.2 Å². The van der Waals surface area contributed by atoms with E-state index in [2.05, 4.69) is 20.2 Å². The predicted octanol–water partition coefficient (Wildman–Crippen LogP) is 4.03. The molecule has 2 N–H and O–H groups in total. The number of ether oxygens (including phenoxy) is 1. The van der Waals surface area contributed by atoms with E-state index in [9.17, 15) is 13.2 Å². The maximum atomic E-state index is 12.5. The summed E-state index contributed by atoms with van der Waals surface area (Å²) in [5.41, 5.74) is 0.591. The molecule has 152 valence electrons. The van der Waals surface area contributed by atoms with Gasteiger partial charge in [0.25, 0.3) is 20.3 Å². The van der Waals surface area contributed by atoms with Gasteiger partial charge in [-0.2, -0.15) is 8.42 Å². The third kappa shape index (κ3) is 5.43. The SMILES string of the molecule is CC(C)Oc1ccc(NS(=O)(=O)c2nnc(NC(=O)c3ccccc3Cl)s2)cc1. The molecule has 29 heavy (non-hydrogen) atoms. The molecule has 1 aromatic heterocycles. The van der Waals surface area contributed by atoms with E-state index in [1.165, 1.54) is 0 Å². The molecule has 0 unspecified atom stereocenters. The Hall–Kier alpha value is -2.69. The Morgan fingerprint density at radius 2 is 1.79 bits per heavy atom. The summed E-state index contributed by atoms with van der Waals surface area (Å²) in [6, 6.07) is 13.0. The molecule has 0 spiro atoms. The van der Waals surface area contributed by atoms with Gasteiger partial charge in [0.05, 0.1) is 16.7 Å². The zero-order valence-electron chi connectivity index (χ0n) is 15.4. The fraction of sp³-hybridized carbons (Fsp3) is 0.167. The van der Waals surface area contributed by atoms with Crippen LogP contribution in [-0.4, -0.2) is 30.6 Å². The maximum Gasteiger partial charge on any atom is 0.291 e. The first kappa shape index (κ1) is 21.0. The first-order valence-electron chi connectivity index (χ1n) is 8.43. The number of hydrogen-bond acceptors (Lipinski definition) is 7. The Bertz CT molecular complexity index is 1110. The standard InChI is InChI=1S/C18H17ClN4O4S2/c1-11(2)27-13-9-7-12(8-10-13)23-29(25,26)18-22-21-17(28-18)20-16(24)14-5-3-4-6-15(14)19/h3-11,23H,1-2H3,(H,20,21,24). The third-order valence-electron chi connectivity index (χ3n) is 3.45. The number of anilines is 2. The van der Waals surface area contributed by atoms with Crippen LogP contribution in [0.4, 0.5) is 10.8 Å². The average Bonchev–Trinajstić information content (AvgIpc) is 3.12. The minimum absolute atomic E-state index is 0.0123. The van der Waals surface area contributed by atoms with Gasteiger partial charge in [-0.25, -0.2) is 0 Å². The van der Waals surface area contributed by atoms with Crippen molar-refractivity contribution in [2.45, 2.75) is 24.3 Å². The van der Waals surface area contributed by atoms with Crippen LogP contribution in [0.2, 0.25) is 5.02 Å². The van der Waals surface area contributed by atoms with Crippen molar-refractivity contribution in [2.24, 2.45) is 0 Å². The summed E-state index contributed by atoms with van der Waals surface area (Å²) in [6.07, 6.45) is 0.0123. The number of nitrogens with zero attached hydrogens (tertiary/aromatic N) is 2. The first-order valence-corrected chi connectivity index (χ1v) is 11.1. The average molecular weight is 453 g/mol. The fourth-order valence-corrected chi connectivity index (χ4v) is 4.43. The summed E-state index contributed by atoms with van der Waals surface area (Å²) < 4.78 is 32.7. The summed E-state index contributed by atoms with van der Waals surface area (Å²) in [5.74, 6) is 0.118. The normalized spacial score (nSPS) is 11.3. The zero-order chi connectivity index (χ0) is 21.0. The Morgan fingerprint density at radius 3 is 2.45 bits per heavy atom. The van der Waals surface area contributed by atoms with Gasteiger partial charge in [-0.1, -0.05) is 35.1 Å². The van der Waals surface area contributed by atoms with Crippen molar-refractivity contribution in [3.63, 3.8) is 0 Å². The van der Waals surface area contributed by atoms with Crippen molar-refractivity contribution in [1.82, 2.24) is 10.2 Å². The van der Waals surface area contributed by atoms with Gasteiger partial charge < -0.3 is 4.74 Å². The minimum Gasteiger partial charge on any atom is -0.491 e. The molecule has 11 heteroatoms. The molecule has 0 bridgehead atoms. The molecule has 0 radical (unpaired) electrons. The Labute approximate surface area is 176 Å². The van der Waals surface area contributed by atoms with Gasteiger partial charge in [0.15, 0.2) is 0 Å². The maximum absolute atomic E-state index is 12.5. The van der Waals surface area contributed by atoms with Crippen LogP contribution in [0.25, 0.3) is 0 Å². The Balaban J connectivity index is 1.70. The summed E-state index contributed by atoms with van der Waals surface area (Å²) in [6.45, 7) is 3.79. The van der Waals surface area contributed by atoms with Gasteiger partial charge in [-0.3, -0.25) is 14.8 Å². The van der Waals surface area contributed by atoms with Gasteiger partial charge in [-0.15, -0.1) is 10.2 Å². The molecule has 1 heterocycles. The molecular weight excluding hydrogens is 436 g/mol. The lowest BCUT2D eigenvalue weighted by Gasteiger charge is -2.10. The largest absolute Gasteiger partial charge is 0.491 e. The zero-order valence-corrected chi connectivity index (χ0v) is 17.8. The number of amides is 1. The van der Waals surface area contributed by atoms with E-state index in [0.29, 0.717) is 11.4 Å². The summed E-state index contributed by atoms with van der Waals surface area (Å²) in [4.78, 5) is 12.3. The number of aromatic nitrogens is 2. The first-order chi connectivity index (χ1) is 13.7. The number of halogens is 1. The van der Waals surface area contributed by atoms with Crippen LogP contribution in [-0.2, 0) is 10.0 Å². The smallest absolute Gasteiger partial charge is 0.291 e. The summed E-state index contributed by atoms with van der Waals surface area (Å²) >= 11 is 6.71. The van der Waals surface area contributed by atoms with Crippen molar-refractivity contribution in [2.75, 3.05) is 10.0 Å².